The van der Waals surface area contributed by atoms with E-state index in [1.54, 1.807) is 13.2 Å². The molecule has 5 heteroatoms. The van der Waals surface area contributed by atoms with Crippen LogP contribution >= 0.6 is 0 Å². The van der Waals surface area contributed by atoms with Crippen molar-refractivity contribution >= 4 is 10.0 Å². The van der Waals surface area contributed by atoms with E-state index in [1.165, 1.54) is 19.3 Å². The molecule has 1 fully saturated rings. The third-order valence-corrected chi connectivity index (χ3v) is 6.29. The van der Waals surface area contributed by atoms with Gasteiger partial charge < -0.3 is 4.74 Å². The van der Waals surface area contributed by atoms with Gasteiger partial charge >= 0.3 is 0 Å². The SMILES string of the molecule is COc1cc(C)c(S(=O)(=O)NCC2CCCCC2)cc1C(C)C. The summed E-state index contributed by atoms with van der Waals surface area (Å²) in [6, 6.07) is 3.59. The number of sulfonamides is 1. The molecule has 0 radical (unpaired) electrons. The van der Waals surface area contributed by atoms with Crippen molar-refractivity contribution in [2.24, 2.45) is 5.92 Å². The fraction of sp³-hybridized carbons (Fsp3) is 0.667. The first-order chi connectivity index (χ1) is 10.8. The van der Waals surface area contributed by atoms with Crippen LogP contribution in [0.5, 0.6) is 5.75 Å². The van der Waals surface area contributed by atoms with E-state index in [2.05, 4.69) is 4.72 Å². The van der Waals surface area contributed by atoms with E-state index < -0.39 is 10.0 Å². The van der Waals surface area contributed by atoms with Crippen molar-refractivity contribution in [2.75, 3.05) is 13.7 Å². The van der Waals surface area contributed by atoms with Crippen molar-refractivity contribution in [1.82, 2.24) is 4.72 Å². The second-order valence-electron chi connectivity index (χ2n) is 6.87. The molecule has 1 saturated carbocycles. The zero-order valence-electron chi connectivity index (χ0n) is 14.7. The van der Waals surface area contributed by atoms with Gasteiger partial charge in [0, 0.05) is 6.54 Å². The molecule has 1 aliphatic carbocycles. The van der Waals surface area contributed by atoms with Crippen molar-refractivity contribution in [3.63, 3.8) is 0 Å². The highest BCUT2D eigenvalue weighted by molar-refractivity contribution is 7.89. The zero-order valence-corrected chi connectivity index (χ0v) is 15.5. The molecule has 1 aromatic rings. The topological polar surface area (TPSA) is 55.4 Å². The molecule has 1 aromatic carbocycles. The van der Waals surface area contributed by atoms with Crippen molar-refractivity contribution < 1.29 is 13.2 Å². The average Bonchev–Trinajstić information content (AvgIpc) is 2.53. The summed E-state index contributed by atoms with van der Waals surface area (Å²) in [4.78, 5) is 0.373. The third-order valence-electron chi connectivity index (χ3n) is 4.73. The van der Waals surface area contributed by atoms with Crippen LogP contribution in [0, 0.1) is 12.8 Å². The minimum absolute atomic E-state index is 0.206. The molecule has 0 atom stereocenters. The highest BCUT2D eigenvalue weighted by Gasteiger charge is 2.22. The summed E-state index contributed by atoms with van der Waals surface area (Å²) in [6.07, 6.45) is 5.96. The first-order valence-corrected chi connectivity index (χ1v) is 10.0. The molecule has 2 rings (SSSR count). The summed E-state index contributed by atoms with van der Waals surface area (Å²) in [5.74, 6) is 1.43. The van der Waals surface area contributed by atoms with Crippen LogP contribution in [0.15, 0.2) is 17.0 Å². The fourth-order valence-electron chi connectivity index (χ4n) is 3.29. The lowest BCUT2D eigenvalue weighted by atomic mass is 9.90. The predicted molar refractivity (Wildman–Crippen MR) is 93.6 cm³/mol. The van der Waals surface area contributed by atoms with Crippen LogP contribution in [0.1, 0.15) is 63.0 Å². The maximum atomic E-state index is 12.7. The smallest absolute Gasteiger partial charge is 0.240 e. The van der Waals surface area contributed by atoms with Gasteiger partial charge in [0.1, 0.15) is 5.75 Å². The van der Waals surface area contributed by atoms with Gasteiger partial charge in [-0.25, -0.2) is 13.1 Å². The standard InChI is InChI=1S/C18H29NO3S/c1-13(2)16-11-18(14(3)10-17(16)22-4)23(20,21)19-12-15-8-6-5-7-9-15/h10-11,13,15,19H,5-9,12H2,1-4H3. The normalized spacial score (nSPS) is 16.7. The van der Waals surface area contributed by atoms with Crippen LogP contribution in [-0.2, 0) is 10.0 Å². The molecule has 4 nitrogen and oxygen atoms in total. The minimum Gasteiger partial charge on any atom is -0.496 e. The van der Waals surface area contributed by atoms with E-state index in [-0.39, 0.29) is 5.92 Å². The molecule has 0 heterocycles. The molecule has 1 N–H and O–H groups in total. The minimum atomic E-state index is -3.48. The molecule has 130 valence electrons. The Bertz CT molecular complexity index is 632. The molecule has 0 aromatic heterocycles. The van der Waals surface area contributed by atoms with Gasteiger partial charge in [0.05, 0.1) is 12.0 Å². The molecule has 1 aliphatic rings. The Morgan fingerprint density at radius 3 is 2.43 bits per heavy atom. The Labute approximate surface area is 140 Å². The molecular weight excluding hydrogens is 310 g/mol. The first kappa shape index (κ1) is 18.3. The van der Waals surface area contributed by atoms with Gasteiger partial charge in [0.25, 0.3) is 0 Å². The first-order valence-electron chi connectivity index (χ1n) is 8.53. The Balaban J connectivity index is 2.22. The van der Waals surface area contributed by atoms with Crippen LogP contribution in [0.2, 0.25) is 0 Å². The maximum absolute atomic E-state index is 12.7. The van der Waals surface area contributed by atoms with Crippen LogP contribution in [-0.4, -0.2) is 22.1 Å². The van der Waals surface area contributed by atoms with E-state index >= 15 is 0 Å². The number of rotatable bonds is 6. The summed E-state index contributed by atoms with van der Waals surface area (Å²) < 4.78 is 33.7. The maximum Gasteiger partial charge on any atom is 0.240 e. The Hall–Kier alpha value is -1.07. The van der Waals surface area contributed by atoms with Crippen LogP contribution in [0.4, 0.5) is 0 Å². The number of methoxy groups -OCH3 is 1. The van der Waals surface area contributed by atoms with E-state index in [4.69, 9.17) is 4.74 Å². The molecule has 0 aliphatic heterocycles. The Morgan fingerprint density at radius 2 is 1.87 bits per heavy atom. The van der Waals surface area contributed by atoms with Gasteiger partial charge in [-0.1, -0.05) is 33.1 Å². The summed E-state index contributed by atoms with van der Waals surface area (Å²) in [5, 5.41) is 0. The summed E-state index contributed by atoms with van der Waals surface area (Å²) in [5.41, 5.74) is 1.65. The quantitative estimate of drug-likeness (QED) is 0.853. The van der Waals surface area contributed by atoms with Gasteiger partial charge in [-0.3, -0.25) is 0 Å². The lowest BCUT2D eigenvalue weighted by Crippen LogP contribution is -2.31. The molecule has 23 heavy (non-hydrogen) atoms. The number of benzene rings is 1. The van der Waals surface area contributed by atoms with Gasteiger partial charge in [-0.05, 0) is 54.9 Å². The number of nitrogens with one attached hydrogen (secondary N) is 1. The fourth-order valence-corrected chi connectivity index (χ4v) is 4.67. The number of aryl methyl sites for hydroxylation is 1. The van der Waals surface area contributed by atoms with Gasteiger partial charge in [-0.2, -0.15) is 0 Å². The third kappa shape index (κ3) is 4.48. The highest BCUT2D eigenvalue weighted by atomic mass is 32.2. The zero-order chi connectivity index (χ0) is 17.0. The molecule has 0 spiro atoms. The highest BCUT2D eigenvalue weighted by Crippen LogP contribution is 2.31. The summed E-state index contributed by atoms with van der Waals surface area (Å²) in [7, 11) is -1.86. The second-order valence-corrected chi connectivity index (χ2v) is 8.61. The van der Waals surface area contributed by atoms with Crippen LogP contribution in [0.25, 0.3) is 0 Å². The van der Waals surface area contributed by atoms with Crippen molar-refractivity contribution in [3.8, 4) is 5.75 Å². The molecule has 0 saturated heterocycles. The van der Waals surface area contributed by atoms with Gasteiger partial charge in [0.15, 0.2) is 0 Å². The number of hydrogen-bond donors (Lipinski definition) is 1. The van der Waals surface area contributed by atoms with E-state index in [0.717, 1.165) is 29.7 Å². The van der Waals surface area contributed by atoms with E-state index in [1.807, 2.05) is 26.8 Å². The Kier molecular flexibility index (Phi) is 6.09. The van der Waals surface area contributed by atoms with Gasteiger partial charge in [-0.15, -0.1) is 0 Å². The second kappa shape index (κ2) is 7.67. The molecule has 0 unspecified atom stereocenters. The average molecular weight is 340 g/mol. The summed E-state index contributed by atoms with van der Waals surface area (Å²) >= 11 is 0. The van der Waals surface area contributed by atoms with E-state index in [9.17, 15) is 8.42 Å². The molecule has 0 bridgehead atoms. The van der Waals surface area contributed by atoms with Crippen molar-refractivity contribution in [3.05, 3.63) is 23.3 Å². The molecule has 0 amide bonds. The van der Waals surface area contributed by atoms with Crippen molar-refractivity contribution in [1.29, 1.82) is 0 Å². The van der Waals surface area contributed by atoms with Crippen molar-refractivity contribution in [2.45, 2.75) is 63.7 Å². The monoisotopic (exact) mass is 339 g/mol. The molecular formula is C18H29NO3S. The lowest BCUT2D eigenvalue weighted by molar-refractivity contribution is 0.357. The Morgan fingerprint density at radius 1 is 1.22 bits per heavy atom. The summed E-state index contributed by atoms with van der Waals surface area (Å²) in [6.45, 7) is 6.45. The lowest BCUT2D eigenvalue weighted by Gasteiger charge is -2.22. The van der Waals surface area contributed by atoms with Gasteiger partial charge in [0.2, 0.25) is 10.0 Å². The van der Waals surface area contributed by atoms with Crippen LogP contribution in [0.3, 0.4) is 0 Å². The van der Waals surface area contributed by atoms with E-state index in [0.29, 0.717) is 17.4 Å². The largest absolute Gasteiger partial charge is 0.496 e. The number of hydrogen-bond acceptors (Lipinski definition) is 3. The predicted octanol–water partition coefficient (Wildman–Crippen LogP) is 3.99. The number of ether oxygens (including phenoxy) is 1. The van der Waals surface area contributed by atoms with Crippen LogP contribution < -0.4 is 9.46 Å².